The molecule has 0 aliphatic carbocycles. The monoisotopic (exact) mass is 393 g/mol. The number of carbonyl (C=O) groups is 1. The van der Waals surface area contributed by atoms with Crippen molar-refractivity contribution in [3.8, 4) is 5.75 Å². The quantitative estimate of drug-likeness (QED) is 0.362. The number of hydrogen-bond acceptors (Lipinski definition) is 5. The molecule has 7 nitrogen and oxygen atoms in total. The second-order valence-electron chi connectivity index (χ2n) is 7.23. The van der Waals surface area contributed by atoms with Crippen molar-refractivity contribution < 1.29 is 19.1 Å². The molecule has 1 aliphatic rings. The third kappa shape index (κ3) is 4.09. The summed E-state index contributed by atoms with van der Waals surface area (Å²) in [4.78, 5) is 11.8. The number of rotatable bonds is 7. The maximum Gasteiger partial charge on any atom is 0.336 e. The third-order valence-corrected chi connectivity index (χ3v) is 5.24. The van der Waals surface area contributed by atoms with Gasteiger partial charge in [0.15, 0.2) is 0 Å². The van der Waals surface area contributed by atoms with Gasteiger partial charge in [0.05, 0.1) is 11.8 Å². The minimum atomic E-state index is -0.967. The molecular formula is C22H23N3O4. The molecule has 1 aliphatic heterocycles. The Hall–Kier alpha value is -3.32. The molecule has 150 valence electrons. The Morgan fingerprint density at radius 3 is 2.86 bits per heavy atom. The van der Waals surface area contributed by atoms with Crippen LogP contribution in [-0.4, -0.2) is 36.1 Å². The summed E-state index contributed by atoms with van der Waals surface area (Å²) in [6, 6.07) is 10.7. The Bertz CT molecular complexity index is 1070. The molecule has 0 saturated carbocycles. The second kappa shape index (κ2) is 7.97. The topological polar surface area (TPSA) is 122 Å². The van der Waals surface area contributed by atoms with Crippen molar-refractivity contribution in [2.45, 2.75) is 25.4 Å². The van der Waals surface area contributed by atoms with Gasteiger partial charge in [-0.15, -0.1) is 0 Å². The lowest BCUT2D eigenvalue weighted by Gasteiger charge is -2.14. The van der Waals surface area contributed by atoms with Gasteiger partial charge in [-0.25, -0.2) is 4.79 Å². The summed E-state index contributed by atoms with van der Waals surface area (Å²) in [7, 11) is 0. The molecule has 29 heavy (non-hydrogen) atoms. The molecule has 4 rings (SSSR count). The molecule has 1 atom stereocenters. The smallest absolute Gasteiger partial charge is 0.336 e. The lowest BCUT2D eigenvalue weighted by molar-refractivity contribution is 0.0694. The first kappa shape index (κ1) is 19.0. The van der Waals surface area contributed by atoms with E-state index in [-0.39, 0.29) is 17.5 Å². The van der Waals surface area contributed by atoms with Crippen LogP contribution in [0.3, 0.4) is 0 Å². The van der Waals surface area contributed by atoms with Gasteiger partial charge < -0.3 is 25.3 Å². The van der Waals surface area contributed by atoms with Gasteiger partial charge in [-0.2, -0.15) is 0 Å². The van der Waals surface area contributed by atoms with Gasteiger partial charge in [-0.3, -0.25) is 5.41 Å². The van der Waals surface area contributed by atoms with Crippen LogP contribution in [-0.2, 0) is 12.8 Å². The number of hydrogen-bond donors (Lipinski definition) is 4. The highest BCUT2D eigenvalue weighted by Gasteiger charge is 2.18. The maximum atomic E-state index is 11.8. The Balaban J connectivity index is 1.52. The number of aryl methyl sites for hydroxylation is 2. The number of nitrogens with one attached hydrogen (secondary N) is 2. The fourth-order valence-corrected chi connectivity index (χ4v) is 3.69. The van der Waals surface area contributed by atoms with Crippen molar-refractivity contribution in [2.24, 2.45) is 5.73 Å². The summed E-state index contributed by atoms with van der Waals surface area (Å²) in [5.41, 5.74) is 7.17. The van der Waals surface area contributed by atoms with Crippen molar-refractivity contribution in [2.75, 3.05) is 13.1 Å². The number of carboxylic acid groups (broad SMARTS) is 1. The largest absolute Gasteiger partial charge is 0.489 e. The van der Waals surface area contributed by atoms with E-state index < -0.39 is 5.97 Å². The van der Waals surface area contributed by atoms with Crippen LogP contribution in [0.1, 0.15) is 33.7 Å². The molecule has 1 saturated heterocycles. The highest BCUT2D eigenvalue weighted by molar-refractivity contribution is 5.99. The van der Waals surface area contributed by atoms with Gasteiger partial charge in [-0.1, -0.05) is 18.2 Å². The van der Waals surface area contributed by atoms with Crippen LogP contribution in [0.4, 0.5) is 0 Å². The Labute approximate surface area is 168 Å². The maximum absolute atomic E-state index is 11.8. The minimum absolute atomic E-state index is 0.0106. The van der Waals surface area contributed by atoms with E-state index in [1.807, 2.05) is 24.3 Å². The molecule has 2 aromatic carbocycles. The van der Waals surface area contributed by atoms with Crippen LogP contribution < -0.4 is 15.8 Å². The van der Waals surface area contributed by atoms with Crippen LogP contribution in [0.25, 0.3) is 10.8 Å². The highest BCUT2D eigenvalue weighted by atomic mass is 16.5. The molecule has 1 aromatic heterocycles. The molecule has 7 heteroatoms. The highest BCUT2D eigenvalue weighted by Crippen LogP contribution is 2.26. The summed E-state index contributed by atoms with van der Waals surface area (Å²) in [5.74, 6) is 0.408. The number of fused-ring (bicyclic) bond motifs is 1. The van der Waals surface area contributed by atoms with Crippen LogP contribution in [0.5, 0.6) is 5.75 Å². The van der Waals surface area contributed by atoms with Gasteiger partial charge in [-0.05, 0) is 43.1 Å². The number of carboxylic acids is 1. The molecule has 0 amide bonds. The normalized spacial score (nSPS) is 16.2. The first-order chi connectivity index (χ1) is 14.0. The number of nitrogen functional groups attached to an aromatic ring is 1. The van der Waals surface area contributed by atoms with Gasteiger partial charge in [0.1, 0.15) is 23.4 Å². The minimum Gasteiger partial charge on any atom is -0.489 e. The predicted molar refractivity (Wildman–Crippen MR) is 110 cm³/mol. The first-order valence-corrected chi connectivity index (χ1v) is 9.59. The van der Waals surface area contributed by atoms with Crippen molar-refractivity contribution in [3.63, 3.8) is 0 Å². The van der Waals surface area contributed by atoms with Crippen molar-refractivity contribution in [1.29, 1.82) is 5.41 Å². The first-order valence-electron chi connectivity index (χ1n) is 9.59. The van der Waals surface area contributed by atoms with Crippen molar-refractivity contribution >= 4 is 22.6 Å². The number of amidine groups is 1. The number of benzene rings is 2. The third-order valence-electron chi connectivity index (χ3n) is 5.24. The van der Waals surface area contributed by atoms with E-state index in [1.54, 1.807) is 18.4 Å². The van der Waals surface area contributed by atoms with Crippen LogP contribution >= 0.6 is 0 Å². The van der Waals surface area contributed by atoms with E-state index in [9.17, 15) is 9.90 Å². The molecule has 0 spiro atoms. The Morgan fingerprint density at radius 1 is 1.28 bits per heavy atom. The molecule has 0 unspecified atom stereocenters. The zero-order valence-electron chi connectivity index (χ0n) is 15.9. The van der Waals surface area contributed by atoms with Gasteiger partial charge in [0.2, 0.25) is 0 Å². The van der Waals surface area contributed by atoms with E-state index in [0.717, 1.165) is 41.6 Å². The summed E-state index contributed by atoms with van der Waals surface area (Å²) in [5, 5.41) is 22.2. The van der Waals surface area contributed by atoms with E-state index in [4.69, 9.17) is 20.3 Å². The number of furan rings is 1. The fourth-order valence-electron chi connectivity index (χ4n) is 3.69. The summed E-state index contributed by atoms with van der Waals surface area (Å²) >= 11 is 0. The van der Waals surface area contributed by atoms with E-state index >= 15 is 0 Å². The van der Waals surface area contributed by atoms with Crippen molar-refractivity contribution in [3.05, 3.63) is 65.1 Å². The molecular weight excluding hydrogens is 370 g/mol. The van der Waals surface area contributed by atoms with Crippen LogP contribution in [0.2, 0.25) is 0 Å². The van der Waals surface area contributed by atoms with E-state index in [1.165, 1.54) is 0 Å². The molecule has 3 aromatic rings. The van der Waals surface area contributed by atoms with Crippen molar-refractivity contribution in [1.82, 2.24) is 5.32 Å². The Morgan fingerprint density at radius 2 is 2.14 bits per heavy atom. The zero-order chi connectivity index (χ0) is 20.4. The van der Waals surface area contributed by atoms with E-state index in [2.05, 4.69) is 5.32 Å². The number of aromatic carboxylic acids is 1. The van der Waals surface area contributed by atoms with Gasteiger partial charge >= 0.3 is 5.97 Å². The van der Waals surface area contributed by atoms with Crippen LogP contribution in [0, 0.1) is 5.41 Å². The molecule has 1 fully saturated rings. The zero-order valence-corrected chi connectivity index (χ0v) is 15.9. The van der Waals surface area contributed by atoms with E-state index in [0.29, 0.717) is 24.2 Å². The summed E-state index contributed by atoms with van der Waals surface area (Å²) < 4.78 is 11.6. The molecule has 0 radical (unpaired) electrons. The molecule has 2 heterocycles. The van der Waals surface area contributed by atoms with Gasteiger partial charge in [0.25, 0.3) is 0 Å². The molecule has 5 N–H and O–H groups in total. The van der Waals surface area contributed by atoms with Gasteiger partial charge in [0, 0.05) is 29.3 Å². The summed E-state index contributed by atoms with van der Waals surface area (Å²) in [6.45, 7) is 1.70. The lowest BCUT2D eigenvalue weighted by atomic mass is 10.00. The lowest BCUT2D eigenvalue weighted by Crippen LogP contribution is -2.19. The van der Waals surface area contributed by atoms with Crippen LogP contribution in [0.15, 0.2) is 47.1 Å². The SMILES string of the molecule is N=C(N)c1ccc2c(CCc3ccc(O[C@H]4CCNC4)cc3C(=O)O)occ2c1. The summed E-state index contributed by atoms with van der Waals surface area (Å²) in [6.07, 6.45) is 3.74. The molecule has 0 bridgehead atoms. The standard InChI is InChI=1S/C22H23N3O4/c23-21(24)14-2-5-18-15(9-14)12-28-20(18)6-3-13-1-4-16(10-19(13)22(26)27)29-17-7-8-25-11-17/h1-2,4-5,9-10,12,17,25H,3,6-8,11H2,(H3,23,24)(H,26,27)/t17-/m0/s1. The Kier molecular flexibility index (Phi) is 5.22. The average molecular weight is 393 g/mol. The second-order valence-corrected chi connectivity index (χ2v) is 7.23. The predicted octanol–water partition coefficient (Wildman–Crippen LogP) is 2.94. The number of nitrogens with two attached hydrogens (primary N) is 1. The average Bonchev–Trinajstić information content (AvgIpc) is 3.36. The fraction of sp³-hybridized carbons (Fsp3) is 0.273. The number of ether oxygens (including phenoxy) is 1.